The molecule has 72 valence electrons. The minimum atomic E-state index is 0.319. The van der Waals surface area contributed by atoms with Gasteiger partial charge in [-0.2, -0.15) is 0 Å². The molecule has 0 aromatic carbocycles. The molecule has 0 radical (unpaired) electrons. The Kier molecular flexibility index (Phi) is 50.9. The monoisotopic (exact) mass is 165 g/mol. The second-order valence-corrected chi connectivity index (χ2v) is 1.86. The third kappa shape index (κ3) is 174. The summed E-state index contributed by atoms with van der Waals surface area (Å²) < 4.78 is 0. The van der Waals surface area contributed by atoms with Crippen molar-refractivity contribution < 1.29 is 10.2 Å². The van der Waals surface area contributed by atoms with E-state index in [1.165, 1.54) is 0 Å². The smallest absolute Gasteiger partial charge is 0.0428 e. The highest BCUT2D eigenvalue weighted by molar-refractivity contribution is 4.10. The van der Waals surface area contributed by atoms with E-state index in [4.69, 9.17) is 15.9 Å². The Labute approximate surface area is 70.2 Å². The Bertz CT molecular complexity index is 27.3. The molecule has 4 N–H and O–H groups in total. The maximum Gasteiger partial charge on any atom is 0.0428 e. The molecule has 0 unspecified atom stereocenters. The SMILES string of the molecule is CCCO.CCCO.CCN. The maximum absolute atomic E-state index is 7.88. The summed E-state index contributed by atoms with van der Waals surface area (Å²) >= 11 is 0. The fraction of sp³-hybridized carbons (Fsp3) is 1.00. The lowest BCUT2D eigenvalue weighted by Crippen LogP contribution is -1.87. The topological polar surface area (TPSA) is 66.5 Å². The van der Waals surface area contributed by atoms with E-state index in [0.29, 0.717) is 13.2 Å². The number of rotatable bonds is 2. The Morgan fingerprint density at radius 2 is 1.00 bits per heavy atom. The van der Waals surface area contributed by atoms with Crippen LogP contribution in [0, 0.1) is 0 Å². The minimum Gasteiger partial charge on any atom is -0.396 e. The van der Waals surface area contributed by atoms with Crippen LogP contribution in [0.5, 0.6) is 0 Å². The summed E-state index contributed by atoms with van der Waals surface area (Å²) in [6, 6.07) is 0. The quantitative estimate of drug-likeness (QED) is 0.565. The molecule has 0 aliphatic carbocycles. The molecule has 3 nitrogen and oxygen atoms in total. The van der Waals surface area contributed by atoms with Gasteiger partial charge in [-0.25, -0.2) is 0 Å². The van der Waals surface area contributed by atoms with Gasteiger partial charge in [0, 0.05) is 13.2 Å². The van der Waals surface area contributed by atoms with Gasteiger partial charge < -0.3 is 15.9 Å². The van der Waals surface area contributed by atoms with Crippen molar-refractivity contribution in [3.05, 3.63) is 0 Å². The van der Waals surface area contributed by atoms with Crippen LogP contribution < -0.4 is 5.73 Å². The first kappa shape index (κ1) is 17.1. The van der Waals surface area contributed by atoms with Crippen LogP contribution in [0.15, 0.2) is 0 Å². The van der Waals surface area contributed by atoms with Gasteiger partial charge in [-0.1, -0.05) is 20.8 Å². The van der Waals surface area contributed by atoms with Gasteiger partial charge in [-0.3, -0.25) is 0 Å². The summed E-state index contributed by atoms with van der Waals surface area (Å²) in [5.41, 5.74) is 4.85. The highest BCUT2D eigenvalue weighted by Gasteiger charge is 1.57. The summed E-state index contributed by atoms with van der Waals surface area (Å²) in [7, 11) is 0. The van der Waals surface area contributed by atoms with E-state index in [-0.39, 0.29) is 0 Å². The third-order valence-corrected chi connectivity index (χ3v) is 0.447. The molecule has 0 amide bonds. The van der Waals surface area contributed by atoms with Crippen molar-refractivity contribution in [2.24, 2.45) is 5.73 Å². The standard InChI is InChI=1S/2C3H8O.C2H7N/c2*1-2-3-4;1-2-3/h2*4H,2-3H2,1H3;2-3H2,1H3. The van der Waals surface area contributed by atoms with E-state index < -0.39 is 0 Å². The fourth-order valence-electron chi connectivity index (χ4n) is 0. The van der Waals surface area contributed by atoms with Crippen LogP contribution in [0.1, 0.15) is 33.6 Å². The van der Waals surface area contributed by atoms with Crippen molar-refractivity contribution in [3.8, 4) is 0 Å². The number of hydrogen-bond acceptors (Lipinski definition) is 3. The lowest BCUT2D eigenvalue weighted by molar-refractivity contribution is 0.294. The van der Waals surface area contributed by atoms with Crippen molar-refractivity contribution in [2.75, 3.05) is 19.8 Å². The fourth-order valence-corrected chi connectivity index (χ4v) is 0. The first-order chi connectivity index (χ1) is 5.24. The normalized spacial score (nSPS) is 7.09. The van der Waals surface area contributed by atoms with Crippen molar-refractivity contribution in [3.63, 3.8) is 0 Å². The van der Waals surface area contributed by atoms with E-state index in [9.17, 15) is 0 Å². The van der Waals surface area contributed by atoms with Crippen LogP contribution in [0.2, 0.25) is 0 Å². The third-order valence-electron chi connectivity index (χ3n) is 0.447. The molecule has 0 saturated heterocycles. The minimum absolute atomic E-state index is 0.319. The highest BCUT2D eigenvalue weighted by Crippen LogP contribution is 1.61. The van der Waals surface area contributed by atoms with Gasteiger partial charge in [0.25, 0.3) is 0 Å². The molecule has 0 aliphatic rings. The number of nitrogens with two attached hydrogens (primary N) is 1. The summed E-state index contributed by atoms with van der Waals surface area (Å²) in [6.45, 7) is 7.15. The molecule has 0 rings (SSSR count). The predicted octanol–water partition coefficient (Wildman–Crippen LogP) is 0.742. The molecule has 11 heavy (non-hydrogen) atoms. The molecule has 3 heteroatoms. The van der Waals surface area contributed by atoms with Crippen LogP contribution in [0.4, 0.5) is 0 Å². The molecule has 0 aromatic heterocycles. The lowest BCUT2D eigenvalue weighted by Gasteiger charge is -1.69. The summed E-state index contributed by atoms with van der Waals surface area (Å²) in [5, 5.41) is 15.8. The molecule has 0 saturated carbocycles. The zero-order chi connectivity index (χ0) is 9.54. The lowest BCUT2D eigenvalue weighted by atomic mass is 10.5. The summed E-state index contributed by atoms with van der Waals surface area (Å²) in [5.74, 6) is 0. The Morgan fingerprint density at radius 3 is 1.00 bits per heavy atom. The molecule has 0 aliphatic heterocycles. The molecule has 0 fully saturated rings. The van der Waals surface area contributed by atoms with E-state index in [0.717, 1.165) is 19.4 Å². The van der Waals surface area contributed by atoms with E-state index in [1.54, 1.807) is 0 Å². The zero-order valence-electron chi connectivity index (χ0n) is 8.01. The van der Waals surface area contributed by atoms with Gasteiger partial charge in [0.15, 0.2) is 0 Å². The van der Waals surface area contributed by atoms with Crippen LogP contribution in [0.3, 0.4) is 0 Å². The summed E-state index contributed by atoms with van der Waals surface area (Å²) in [4.78, 5) is 0. The molecular formula is C8H23NO2. The van der Waals surface area contributed by atoms with E-state index in [2.05, 4.69) is 0 Å². The van der Waals surface area contributed by atoms with Crippen LogP contribution in [-0.4, -0.2) is 30.0 Å². The van der Waals surface area contributed by atoms with Crippen molar-refractivity contribution >= 4 is 0 Å². The second kappa shape index (κ2) is 32.7. The van der Waals surface area contributed by atoms with Crippen LogP contribution in [0.25, 0.3) is 0 Å². The van der Waals surface area contributed by atoms with Crippen molar-refractivity contribution in [1.82, 2.24) is 0 Å². The Hall–Kier alpha value is -0.120. The number of aliphatic hydroxyl groups is 2. The molecule has 0 bridgehead atoms. The molecule has 0 heterocycles. The van der Waals surface area contributed by atoms with Crippen LogP contribution >= 0.6 is 0 Å². The van der Waals surface area contributed by atoms with Gasteiger partial charge in [0.1, 0.15) is 0 Å². The molecular weight excluding hydrogens is 142 g/mol. The molecule has 0 aromatic rings. The molecule has 0 atom stereocenters. The first-order valence-corrected chi connectivity index (χ1v) is 4.16. The first-order valence-electron chi connectivity index (χ1n) is 4.16. The van der Waals surface area contributed by atoms with Crippen molar-refractivity contribution in [2.45, 2.75) is 33.6 Å². The maximum atomic E-state index is 7.88. The van der Waals surface area contributed by atoms with Gasteiger partial charge in [-0.05, 0) is 19.4 Å². The molecule has 0 spiro atoms. The van der Waals surface area contributed by atoms with Gasteiger partial charge >= 0.3 is 0 Å². The average molecular weight is 165 g/mol. The van der Waals surface area contributed by atoms with E-state index in [1.807, 2.05) is 20.8 Å². The number of aliphatic hydroxyl groups excluding tert-OH is 2. The predicted molar refractivity (Wildman–Crippen MR) is 49.5 cm³/mol. The summed E-state index contributed by atoms with van der Waals surface area (Å²) in [6.07, 6.45) is 1.75. The van der Waals surface area contributed by atoms with Gasteiger partial charge in [0.2, 0.25) is 0 Å². The van der Waals surface area contributed by atoms with Gasteiger partial charge in [0.05, 0.1) is 0 Å². The highest BCUT2D eigenvalue weighted by atomic mass is 16.3. The Morgan fingerprint density at radius 1 is 0.909 bits per heavy atom. The van der Waals surface area contributed by atoms with Crippen molar-refractivity contribution in [1.29, 1.82) is 0 Å². The largest absolute Gasteiger partial charge is 0.396 e. The van der Waals surface area contributed by atoms with E-state index >= 15 is 0 Å². The van der Waals surface area contributed by atoms with Gasteiger partial charge in [-0.15, -0.1) is 0 Å². The zero-order valence-corrected chi connectivity index (χ0v) is 8.01. The van der Waals surface area contributed by atoms with Crippen LogP contribution in [-0.2, 0) is 0 Å². The number of hydrogen-bond donors (Lipinski definition) is 3. The Balaban J connectivity index is -0.0000000886. The average Bonchev–Trinajstić information content (AvgIpc) is 2.06. The second-order valence-electron chi connectivity index (χ2n) is 1.86.